The summed E-state index contributed by atoms with van der Waals surface area (Å²) in [7, 11) is 0. The number of furan rings is 1. The van der Waals surface area contributed by atoms with E-state index in [2.05, 4.69) is 12.2 Å². The normalized spacial score (nSPS) is 23.6. The number of nitrogens with zero attached hydrogens (tertiary/aromatic N) is 1. The van der Waals surface area contributed by atoms with Gasteiger partial charge < -0.3 is 14.6 Å². The Morgan fingerprint density at radius 2 is 2.32 bits per heavy atom. The molecule has 1 aliphatic heterocycles. The lowest BCUT2D eigenvalue weighted by atomic mass is 9.93. The molecule has 0 bridgehead atoms. The Morgan fingerprint density at radius 3 is 2.89 bits per heavy atom. The molecule has 1 fully saturated rings. The Bertz CT molecular complexity index is 428. The number of carbonyl (C=O) groups is 1. The van der Waals surface area contributed by atoms with Crippen LogP contribution in [0.4, 0.5) is 0 Å². The van der Waals surface area contributed by atoms with Crippen molar-refractivity contribution in [3.63, 3.8) is 0 Å². The molecule has 1 amide bonds. The number of aryl methyl sites for hydroxylation is 1. The van der Waals surface area contributed by atoms with Crippen molar-refractivity contribution < 1.29 is 9.21 Å². The van der Waals surface area contributed by atoms with Gasteiger partial charge in [-0.25, -0.2) is 0 Å². The van der Waals surface area contributed by atoms with Crippen molar-refractivity contribution in [3.05, 3.63) is 23.7 Å². The quantitative estimate of drug-likeness (QED) is 0.907. The molecule has 1 aromatic heterocycles. The standard InChI is InChI=1S/C15H24N2O2/c1-4-15(18)17-8-7-14(11(2)10-17)16-9-13-6-5-12(3)19-13/h5-6,11,14,16H,4,7-10H2,1-3H3/t11-,14+/m1/s1. The van der Waals surface area contributed by atoms with Crippen LogP contribution in [0.2, 0.25) is 0 Å². The summed E-state index contributed by atoms with van der Waals surface area (Å²) in [4.78, 5) is 13.7. The van der Waals surface area contributed by atoms with Crippen molar-refractivity contribution in [1.82, 2.24) is 10.2 Å². The molecule has 1 aliphatic rings. The molecule has 106 valence electrons. The zero-order chi connectivity index (χ0) is 13.8. The molecule has 0 spiro atoms. The number of rotatable bonds is 4. The maximum Gasteiger partial charge on any atom is 0.222 e. The van der Waals surface area contributed by atoms with Crippen LogP contribution in [0.3, 0.4) is 0 Å². The highest BCUT2D eigenvalue weighted by Crippen LogP contribution is 2.18. The third-order valence-corrected chi connectivity index (χ3v) is 3.89. The molecule has 0 unspecified atom stereocenters. The summed E-state index contributed by atoms with van der Waals surface area (Å²) in [6.07, 6.45) is 1.63. The third-order valence-electron chi connectivity index (χ3n) is 3.89. The summed E-state index contributed by atoms with van der Waals surface area (Å²) in [5, 5.41) is 3.55. The maximum atomic E-state index is 11.7. The van der Waals surface area contributed by atoms with Gasteiger partial charge in [0.25, 0.3) is 0 Å². The third kappa shape index (κ3) is 3.60. The number of likely N-dealkylation sites (tertiary alicyclic amines) is 1. The fraction of sp³-hybridized carbons (Fsp3) is 0.667. The van der Waals surface area contributed by atoms with Gasteiger partial charge in [-0.1, -0.05) is 13.8 Å². The molecule has 1 saturated heterocycles. The van der Waals surface area contributed by atoms with Crippen molar-refractivity contribution in [2.75, 3.05) is 13.1 Å². The first kappa shape index (κ1) is 14.1. The molecule has 2 rings (SSSR count). The zero-order valence-corrected chi connectivity index (χ0v) is 12.1. The molecule has 1 N–H and O–H groups in total. The summed E-state index contributed by atoms with van der Waals surface area (Å²) in [5.74, 6) is 2.69. The first-order valence-electron chi connectivity index (χ1n) is 7.16. The van der Waals surface area contributed by atoms with Crippen LogP contribution >= 0.6 is 0 Å². The van der Waals surface area contributed by atoms with Crippen molar-refractivity contribution >= 4 is 5.91 Å². The summed E-state index contributed by atoms with van der Waals surface area (Å²) >= 11 is 0. The molecule has 19 heavy (non-hydrogen) atoms. The number of nitrogens with one attached hydrogen (secondary N) is 1. The van der Waals surface area contributed by atoms with Gasteiger partial charge in [-0.2, -0.15) is 0 Å². The summed E-state index contributed by atoms with van der Waals surface area (Å²) in [6.45, 7) is 8.59. The van der Waals surface area contributed by atoms with Gasteiger partial charge >= 0.3 is 0 Å². The first-order chi connectivity index (χ1) is 9.10. The Hall–Kier alpha value is -1.29. The van der Waals surface area contributed by atoms with Crippen LogP contribution in [0.1, 0.15) is 38.2 Å². The van der Waals surface area contributed by atoms with Crippen LogP contribution < -0.4 is 5.32 Å². The minimum absolute atomic E-state index is 0.270. The monoisotopic (exact) mass is 264 g/mol. The van der Waals surface area contributed by atoms with Crippen LogP contribution in [-0.4, -0.2) is 29.9 Å². The molecular weight excluding hydrogens is 240 g/mol. The molecule has 4 nitrogen and oxygen atoms in total. The predicted molar refractivity (Wildman–Crippen MR) is 74.7 cm³/mol. The molecule has 0 aromatic carbocycles. The number of piperidine rings is 1. The van der Waals surface area contributed by atoms with E-state index in [1.807, 2.05) is 30.9 Å². The smallest absolute Gasteiger partial charge is 0.222 e. The average Bonchev–Trinajstić information content (AvgIpc) is 2.82. The van der Waals surface area contributed by atoms with E-state index in [1.54, 1.807) is 0 Å². The van der Waals surface area contributed by atoms with Gasteiger partial charge in [0, 0.05) is 25.6 Å². The average molecular weight is 264 g/mol. The largest absolute Gasteiger partial charge is 0.465 e. The van der Waals surface area contributed by atoms with E-state index in [0.29, 0.717) is 18.4 Å². The molecule has 0 radical (unpaired) electrons. The van der Waals surface area contributed by atoms with Crippen molar-refractivity contribution in [1.29, 1.82) is 0 Å². The Balaban J connectivity index is 1.81. The number of amides is 1. The summed E-state index contributed by atoms with van der Waals surface area (Å²) < 4.78 is 5.56. The first-order valence-corrected chi connectivity index (χ1v) is 7.16. The lowest BCUT2D eigenvalue weighted by Gasteiger charge is -2.37. The van der Waals surface area contributed by atoms with Crippen LogP contribution in [0, 0.1) is 12.8 Å². The van der Waals surface area contributed by atoms with Crippen molar-refractivity contribution in [3.8, 4) is 0 Å². The molecule has 2 heterocycles. The fourth-order valence-electron chi connectivity index (χ4n) is 2.71. The highest BCUT2D eigenvalue weighted by molar-refractivity contribution is 5.75. The molecule has 0 aliphatic carbocycles. The highest BCUT2D eigenvalue weighted by Gasteiger charge is 2.27. The number of hydrogen-bond donors (Lipinski definition) is 1. The van der Waals surface area contributed by atoms with Crippen LogP contribution in [0.25, 0.3) is 0 Å². The van der Waals surface area contributed by atoms with Gasteiger partial charge in [-0.15, -0.1) is 0 Å². The Morgan fingerprint density at radius 1 is 1.53 bits per heavy atom. The molecule has 4 heteroatoms. The second-order valence-electron chi connectivity index (χ2n) is 5.46. The Kier molecular flexibility index (Phi) is 4.64. The molecule has 1 aromatic rings. The fourth-order valence-corrected chi connectivity index (χ4v) is 2.71. The van der Waals surface area contributed by atoms with E-state index in [-0.39, 0.29) is 5.91 Å². The predicted octanol–water partition coefficient (Wildman–Crippen LogP) is 2.32. The van der Waals surface area contributed by atoms with E-state index >= 15 is 0 Å². The van der Waals surface area contributed by atoms with Crippen LogP contribution in [0.5, 0.6) is 0 Å². The van der Waals surface area contributed by atoms with Crippen molar-refractivity contribution in [2.45, 2.75) is 46.2 Å². The SMILES string of the molecule is CCC(=O)N1CC[C@H](NCc2ccc(C)o2)[C@H](C)C1. The highest BCUT2D eigenvalue weighted by atomic mass is 16.3. The molecule has 2 atom stereocenters. The lowest BCUT2D eigenvalue weighted by molar-refractivity contribution is -0.132. The second kappa shape index (κ2) is 6.24. The van der Waals surface area contributed by atoms with Gasteiger partial charge in [-0.05, 0) is 31.4 Å². The van der Waals surface area contributed by atoms with Gasteiger partial charge in [0.05, 0.1) is 6.54 Å². The van der Waals surface area contributed by atoms with Gasteiger partial charge in [-0.3, -0.25) is 4.79 Å². The topological polar surface area (TPSA) is 45.5 Å². The van der Waals surface area contributed by atoms with Gasteiger partial charge in [0.15, 0.2) is 0 Å². The van der Waals surface area contributed by atoms with Crippen LogP contribution in [0.15, 0.2) is 16.5 Å². The van der Waals surface area contributed by atoms with Crippen molar-refractivity contribution in [2.24, 2.45) is 5.92 Å². The Labute approximate surface area is 115 Å². The van der Waals surface area contributed by atoms with Gasteiger partial charge in [0.1, 0.15) is 11.5 Å². The van der Waals surface area contributed by atoms with Gasteiger partial charge in [0.2, 0.25) is 5.91 Å². The van der Waals surface area contributed by atoms with E-state index in [4.69, 9.17) is 4.42 Å². The minimum Gasteiger partial charge on any atom is -0.465 e. The van der Waals surface area contributed by atoms with Crippen LogP contribution in [-0.2, 0) is 11.3 Å². The minimum atomic E-state index is 0.270. The zero-order valence-electron chi connectivity index (χ0n) is 12.1. The van der Waals surface area contributed by atoms with E-state index in [1.165, 1.54) is 0 Å². The number of hydrogen-bond acceptors (Lipinski definition) is 3. The van der Waals surface area contributed by atoms with E-state index in [9.17, 15) is 4.79 Å². The maximum absolute atomic E-state index is 11.7. The molecule has 0 saturated carbocycles. The number of carbonyl (C=O) groups excluding carboxylic acids is 1. The van der Waals surface area contributed by atoms with E-state index in [0.717, 1.165) is 37.6 Å². The van der Waals surface area contributed by atoms with E-state index < -0.39 is 0 Å². The second-order valence-corrected chi connectivity index (χ2v) is 5.46. The lowest BCUT2D eigenvalue weighted by Crippen LogP contribution is -2.49. The summed E-state index contributed by atoms with van der Waals surface area (Å²) in [5.41, 5.74) is 0. The molecular formula is C15H24N2O2. The summed E-state index contributed by atoms with van der Waals surface area (Å²) in [6, 6.07) is 4.47.